The Labute approximate surface area is 147 Å². The second kappa shape index (κ2) is 7.07. The number of pyridine rings is 2. The van der Waals surface area contributed by atoms with Gasteiger partial charge in [-0.1, -0.05) is 18.2 Å². The molecule has 128 valence electrons. The van der Waals surface area contributed by atoms with E-state index < -0.39 is 0 Å². The number of hydrogen-bond donors (Lipinski definition) is 1. The van der Waals surface area contributed by atoms with Crippen molar-refractivity contribution in [3.63, 3.8) is 0 Å². The maximum atomic E-state index is 6.03. The molecule has 5 heteroatoms. The van der Waals surface area contributed by atoms with Gasteiger partial charge in [0.15, 0.2) is 0 Å². The van der Waals surface area contributed by atoms with E-state index in [-0.39, 0.29) is 0 Å². The van der Waals surface area contributed by atoms with E-state index in [0.717, 1.165) is 46.7 Å². The predicted molar refractivity (Wildman–Crippen MR) is 97.8 cm³/mol. The Morgan fingerprint density at radius 3 is 3.00 bits per heavy atom. The number of aromatic nitrogens is 2. The minimum Gasteiger partial charge on any atom is -0.485 e. The highest BCUT2D eigenvalue weighted by Crippen LogP contribution is 2.28. The molecule has 0 unspecified atom stereocenters. The van der Waals surface area contributed by atoms with Crippen LogP contribution in [0.15, 0.2) is 42.6 Å². The zero-order valence-electron chi connectivity index (χ0n) is 14.3. The minimum atomic E-state index is 0.422. The summed E-state index contributed by atoms with van der Waals surface area (Å²) >= 11 is 0. The predicted octanol–water partition coefficient (Wildman–Crippen LogP) is 3.71. The molecular formula is C20H21N3O2. The van der Waals surface area contributed by atoms with Crippen LogP contribution in [0.5, 0.6) is 5.75 Å². The van der Waals surface area contributed by atoms with E-state index in [2.05, 4.69) is 27.4 Å². The Kier molecular flexibility index (Phi) is 4.48. The minimum absolute atomic E-state index is 0.422. The zero-order valence-corrected chi connectivity index (χ0v) is 14.3. The van der Waals surface area contributed by atoms with Crippen LogP contribution in [-0.4, -0.2) is 23.1 Å². The van der Waals surface area contributed by atoms with E-state index in [1.54, 1.807) is 6.20 Å². The van der Waals surface area contributed by atoms with E-state index in [4.69, 9.17) is 9.47 Å². The summed E-state index contributed by atoms with van der Waals surface area (Å²) < 4.78 is 11.6. The molecule has 2 aromatic heterocycles. The summed E-state index contributed by atoms with van der Waals surface area (Å²) in [7, 11) is 0. The molecule has 1 aliphatic heterocycles. The van der Waals surface area contributed by atoms with Gasteiger partial charge in [-0.2, -0.15) is 0 Å². The molecule has 0 aliphatic carbocycles. The second-order valence-electron chi connectivity index (χ2n) is 6.04. The highest BCUT2D eigenvalue weighted by molar-refractivity contribution is 5.87. The van der Waals surface area contributed by atoms with E-state index in [9.17, 15) is 0 Å². The lowest BCUT2D eigenvalue weighted by molar-refractivity contribution is 0.135. The number of fused-ring (bicyclic) bond motifs is 2. The smallest absolute Gasteiger partial charge is 0.146 e. The number of rotatable bonds is 6. The van der Waals surface area contributed by atoms with Crippen LogP contribution in [-0.2, 0) is 24.4 Å². The molecule has 3 aromatic rings. The summed E-state index contributed by atoms with van der Waals surface area (Å²) in [6.07, 6.45) is 2.83. The van der Waals surface area contributed by atoms with Crippen LogP contribution in [0.2, 0.25) is 0 Å². The molecule has 3 heterocycles. The van der Waals surface area contributed by atoms with Gasteiger partial charge in [-0.3, -0.25) is 4.98 Å². The van der Waals surface area contributed by atoms with E-state index in [1.807, 2.05) is 31.2 Å². The molecule has 1 N–H and O–H groups in total. The number of benzene rings is 1. The molecule has 0 amide bonds. The van der Waals surface area contributed by atoms with Crippen molar-refractivity contribution in [1.82, 2.24) is 9.97 Å². The van der Waals surface area contributed by atoms with Gasteiger partial charge in [0.2, 0.25) is 0 Å². The molecular weight excluding hydrogens is 314 g/mol. The lowest BCUT2D eigenvalue weighted by atomic mass is 10.1. The number of ether oxygens (including phenoxy) is 2. The van der Waals surface area contributed by atoms with Gasteiger partial charge >= 0.3 is 0 Å². The molecule has 4 rings (SSSR count). The Morgan fingerprint density at radius 1 is 1.12 bits per heavy atom. The van der Waals surface area contributed by atoms with E-state index >= 15 is 0 Å². The number of hydrogen-bond acceptors (Lipinski definition) is 5. The lowest BCUT2D eigenvalue weighted by Gasteiger charge is -2.12. The second-order valence-corrected chi connectivity index (χ2v) is 6.04. The largest absolute Gasteiger partial charge is 0.485 e. The normalized spacial score (nSPS) is 12.8. The topological polar surface area (TPSA) is 56.3 Å². The summed E-state index contributed by atoms with van der Waals surface area (Å²) in [6, 6.07) is 12.2. The van der Waals surface area contributed by atoms with Gasteiger partial charge in [-0.25, -0.2) is 4.98 Å². The fourth-order valence-electron chi connectivity index (χ4n) is 3.09. The molecule has 0 atom stereocenters. The molecule has 0 spiro atoms. The van der Waals surface area contributed by atoms with E-state index in [0.29, 0.717) is 19.8 Å². The quantitative estimate of drug-likeness (QED) is 0.744. The van der Waals surface area contributed by atoms with Crippen LogP contribution in [0, 0.1) is 0 Å². The lowest BCUT2D eigenvalue weighted by Crippen LogP contribution is -2.02. The first-order valence-electron chi connectivity index (χ1n) is 8.65. The van der Waals surface area contributed by atoms with Gasteiger partial charge in [-0.15, -0.1) is 0 Å². The molecule has 0 radical (unpaired) electrons. The van der Waals surface area contributed by atoms with Gasteiger partial charge in [0.1, 0.15) is 23.7 Å². The Morgan fingerprint density at radius 2 is 2.08 bits per heavy atom. The molecule has 0 fully saturated rings. The van der Waals surface area contributed by atoms with Gasteiger partial charge < -0.3 is 14.8 Å². The summed E-state index contributed by atoms with van der Waals surface area (Å²) in [4.78, 5) is 9.14. The monoisotopic (exact) mass is 335 g/mol. The van der Waals surface area contributed by atoms with Crippen molar-refractivity contribution in [2.24, 2.45) is 0 Å². The van der Waals surface area contributed by atoms with E-state index in [1.165, 1.54) is 5.56 Å². The van der Waals surface area contributed by atoms with Gasteiger partial charge in [0.25, 0.3) is 0 Å². The molecule has 5 nitrogen and oxygen atoms in total. The summed E-state index contributed by atoms with van der Waals surface area (Å²) in [6.45, 7) is 4.65. The third-order valence-electron chi connectivity index (χ3n) is 4.38. The number of nitrogens with one attached hydrogen (secondary N) is 1. The van der Waals surface area contributed by atoms with Crippen LogP contribution in [0.3, 0.4) is 0 Å². The first-order chi connectivity index (χ1) is 12.3. The highest BCUT2D eigenvalue weighted by atomic mass is 16.5. The third kappa shape index (κ3) is 3.28. The molecule has 1 aromatic carbocycles. The Hall–Kier alpha value is -2.66. The van der Waals surface area contributed by atoms with Crippen molar-refractivity contribution in [3.05, 3.63) is 59.4 Å². The van der Waals surface area contributed by atoms with Crippen molar-refractivity contribution in [2.45, 2.75) is 26.6 Å². The molecule has 0 bridgehead atoms. The summed E-state index contributed by atoms with van der Waals surface area (Å²) in [5.41, 5.74) is 4.17. The molecule has 25 heavy (non-hydrogen) atoms. The van der Waals surface area contributed by atoms with Gasteiger partial charge in [0.05, 0.1) is 12.3 Å². The SMILES string of the molecule is CCOCc1ccc(OCc2ccc3c(n2)NCC3)c2ncccc12. The highest BCUT2D eigenvalue weighted by Gasteiger charge is 2.13. The fourth-order valence-corrected chi connectivity index (χ4v) is 3.09. The van der Waals surface area contributed by atoms with Crippen LogP contribution < -0.4 is 10.1 Å². The summed E-state index contributed by atoms with van der Waals surface area (Å²) in [5.74, 6) is 1.75. The van der Waals surface area contributed by atoms with Crippen molar-refractivity contribution in [2.75, 3.05) is 18.5 Å². The molecule has 0 saturated heterocycles. The summed E-state index contributed by atoms with van der Waals surface area (Å²) in [5, 5.41) is 4.37. The molecule has 1 aliphatic rings. The first kappa shape index (κ1) is 15.8. The van der Waals surface area contributed by atoms with Crippen molar-refractivity contribution < 1.29 is 9.47 Å². The Balaban J connectivity index is 1.57. The van der Waals surface area contributed by atoms with Crippen LogP contribution >= 0.6 is 0 Å². The maximum Gasteiger partial charge on any atom is 0.146 e. The molecule has 0 saturated carbocycles. The van der Waals surface area contributed by atoms with Crippen molar-refractivity contribution >= 4 is 16.7 Å². The first-order valence-corrected chi connectivity index (χ1v) is 8.65. The van der Waals surface area contributed by atoms with Crippen LogP contribution in [0.4, 0.5) is 5.82 Å². The van der Waals surface area contributed by atoms with Crippen LogP contribution in [0.1, 0.15) is 23.7 Å². The number of anilines is 1. The number of nitrogens with zero attached hydrogens (tertiary/aromatic N) is 2. The third-order valence-corrected chi connectivity index (χ3v) is 4.38. The fraction of sp³-hybridized carbons (Fsp3) is 0.300. The zero-order chi connectivity index (χ0) is 17.1. The average molecular weight is 335 g/mol. The Bertz CT molecular complexity index is 895. The van der Waals surface area contributed by atoms with Crippen molar-refractivity contribution in [1.29, 1.82) is 0 Å². The van der Waals surface area contributed by atoms with Gasteiger partial charge in [-0.05, 0) is 42.7 Å². The standard InChI is InChI=1S/C20H21N3O2/c1-2-24-12-15-6-8-18(19-17(15)4-3-10-21-19)25-13-16-7-5-14-9-11-22-20(14)23-16/h3-8,10H,2,9,11-13H2,1H3,(H,22,23). The maximum absolute atomic E-state index is 6.03. The average Bonchev–Trinajstić information content (AvgIpc) is 3.13. The van der Waals surface area contributed by atoms with Crippen LogP contribution in [0.25, 0.3) is 10.9 Å². The van der Waals surface area contributed by atoms with Crippen molar-refractivity contribution in [3.8, 4) is 5.75 Å². The van der Waals surface area contributed by atoms with Gasteiger partial charge in [0, 0.05) is 24.7 Å².